The average Bonchev–Trinajstić information content (AvgIpc) is 2.76. The SMILES string of the molecule is CCc1ccccc1NC(=O)CN(C)C(=O)C[NH+]1CCC(Cc2ccccc2)CC1. The summed E-state index contributed by atoms with van der Waals surface area (Å²) in [7, 11) is 1.72. The Morgan fingerprint density at radius 2 is 1.70 bits per heavy atom. The summed E-state index contributed by atoms with van der Waals surface area (Å²) in [5, 5.41) is 2.94. The highest BCUT2D eigenvalue weighted by molar-refractivity contribution is 5.95. The molecule has 5 heteroatoms. The third-order valence-corrected chi connectivity index (χ3v) is 6.06. The Hall–Kier alpha value is -2.66. The van der Waals surface area contributed by atoms with E-state index in [0.29, 0.717) is 12.5 Å². The fraction of sp³-hybridized carbons (Fsp3) is 0.440. The summed E-state index contributed by atoms with van der Waals surface area (Å²) in [5.74, 6) is 0.585. The highest BCUT2D eigenvalue weighted by atomic mass is 16.2. The average molecular weight is 409 g/mol. The van der Waals surface area contributed by atoms with Crippen LogP contribution in [-0.2, 0) is 22.4 Å². The smallest absolute Gasteiger partial charge is 0.277 e. The number of anilines is 1. The van der Waals surface area contributed by atoms with Crippen molar-refractivity contribution in [3.05, 3.63) is 65.7 Å². The van der Waals surface area contributed by atoms with Gasteiger partial charge < -0.3 is 15.1 Å². The summed E-state index contributed by atoms with van der Waals surface area (Å²) in [6, 6.07) is 18.4. The van der Waals surface area contributed by atoms with Gasteiger partial charge in [0.25, 0.3) is 5.91 Å². The molecular formula is C25H34N3O2+. The van der Waals surface area contributed by atoms with Gasteiger partial charge in [0.05, 0.1) is 19.6 Å². The molecule has 160 valence electrons. The molecule has 2 N–H and O–H groups in total. The quantitative estimate of drug-likeness (QED) is 0.704. The summed E-state index contributed by atoms with van der Waals surface area (Å²) in [6.07, 6.45) is 4.28. The van der Waals surface area contributed by atoms with E-state index in [-0.39, 0.29) is 18.4 Å². The van der Waals surface area contributed by atoms with Crippen molar-refractivity contribution in [2.75, 3.05) is 38.5 Å². The number of carbonyl (C=O) groups is 2. The minimum Gasteiger partial charge on any atom is -0.332 e. The van der Waals surface area contributed by atoms with E-state index in [1.165, 1.54) is 10.5 Å². The predicted octanol–water partition coefficient (Wildman–Crippen LogP) is 2.18. The van der Waals surface area contributed by atoms with Crippen molar-refractivity contribution in [1.82, 2.24) is 4.90 Å². The lowest BCUT2D eigenvalue weighted by atomic mass is 9.90. The van der Waals surface area contributed by atoms with Gasteiger partial charge in [0.15, 0.2) is 6.54 Å². The molecular weight excluding hydrogens is 374 g/mol. The molecule has 3 rings (SSSR count). The zero-order valence-electron chi connectivity index (χ0n) is 18.2. The molecule has 1 aliphatic heterocycles. The minimum absolute atomic E-state index is 0.0328. The van der Waals surface area contributed by atoms with Gasteiger partial charge in [-0.3, -0.25) is 9.59 Å². The van der Waals surface area contributed by atoms with E-state index in [4.69, 9.17) is 0 Å². The number of carbonyl (C=O) groups excluding carboxylic acids is 2. The molecule has 1 saturated heterocycles. The Morgan fingerprint density at radius 3 is 2.40 bits per heavy atom. The van der Waals surface area contributed by atoms with Gasteiger partial charge in [-0.1, -0.05) is 55.5 Å². The van der Waals surface area contributed by atoms with Gasteiger partial charge in [0, 0.05) is 12.7 Å². The number of likely N-dealkylation sites (N-methyl/N-ethyl adjacent to an activating group) is 1. The first kappa shape index (κ1) is 22.0. The van der Waals surface area contributed by atoms with Crippen LogP contribution in [0, 0.1) is 5.92 Å². The molecule has 5 nitrogen and oxygen atoms in total. The van der Waals surface area contributed by atoms with Crippen molar-refractivity contribution in [2.45, 2.75) is 32.6 Å². The second-order valence-corrected chi connectivity index (χ2v) is 8.37. The van der Waals surface area contributed by atoms with Crippen LogP contribution in [0.2, 0.25) is 0 Å². The molecule has 0 radical (unpaired) electrons. The molecule has 30 heavy (non-hydrogen) atoms. The first-order valence-corrected chi connectivity index (χ1v) is 11.0. The molecule has 1 fully saturated rings. The lowest BCUT2D eigenvalue weighted by Crippen LogP contribution is -3.14. The summed E-state index contributed by atoms with van der Waals surface area (Å²) in [4.78, 5) is 27.9. The predicted molar refractivity (Wildman–Crippen MR) is 121 cm³/mol. The maximum atomic E-state index is 12.6. The van der Waals surface area contributed by atoms with Crippen molar-refractivity contribution in [3.8, 4) is 0 Å². The number of rotatable bonds is 8. The van der Waals surface area contributed by atoms with Crippen LogP contribution in [0.3, 0.4) is 0 Å². The summed E-state index contributed by atoms with van der Waals surface area (Å²) < 4.78 is 0. The molecule has 1 heterocycles. The first-order chi connectivity index (χ1) is 14.5. The van der Waals surface area contributed by atoms with Gasteiger partial charge in [-0.2, -0.15) is 0 Å². The fourth-order valence-corrected chi connectivity index (χ4v) is 4.21. The van der Waals surface area contributed by atoms with Crippen molar-refractivity contribution in [1.29, 1.82) is 0 Å². The van der Waals surface area contributed by atoms with E-state index in [2.05, 4.69) is 42.6 Å². The highest BCUT2D eigenvalue weighted by Crippen LogP contribution is 2.17. The van der Waals surface area contributed by atoms with E-state index in [0.717, 1.165) is 50.0 Å². The van der Waals surface area contributed by atoms with E-state index < -0.39 is 0 Å². The van der Waals surface area contributed by atoms with Crippen LogP contribution in [0.5, 0.6) is 0 Å². The number of hydrogen-bond donors (Lipinski definition) is 2. The molecule has 0 atom stereocenters. The molecule has 0 spiro atoms. The van der Waals surface area contributed by atoms with Crippen molar-refractivity contribution >= 4 is 17.5 Å². The molecule has 2 amide bonds. The van der Waals surface area contributed by atoms with Crippen LogP contribution in [0.1, 0.15) is 30.9 Å². The number of nitrogens with one attached hydrogen (secondary N) is 2. The molecule has 2 aromatic rings. The molecule has 1 aliphatic rings. The Bertz CT molecular complexity index is 829. The fourth-order valence-electron chi connectivity index (χ4n) is 4.21. The number of quaternary nitrogens is 1. The van der Waals surface area contributed by atoms with Gasteiger partial charge in [-0.05, 0) is 48.8 Å². The van der Waals surface area contributed by atoms with Gasteiger partial charge in [-0.15, -0.1) is 0 Å². The van der Waals surface area contributed by atoms with E-state index in [1.807, 2.05) is 24.3 Å². The van der Waals surface area contributed by atoms with E-state index >= 15 is 0 Å². The summed E-state index contributed by atoms with van der Waals surface area (Å²) in [5.41, 5.74) is 3.33. The van der Waals surface area contributed by atoms with Crippen LogP contribution in [-0.4, -0.2) is 49.9 Å². The molecule has 0 aliphatic carbocycles. The number of benzene rings is 2. The third-order valence-electron chi connectivity index (χ3n) is 6.06. The third kappa shape index (κ3) is 6.42. The molecule has 0 aromatic heterocycles. The summed E-state index contributed by atoms with van der Waals surface area (Å²) in [6.45, 7) is 4.65. The Balaban J connectivity index is 1.40. The number of hydrogen-bond acceptors (Lipinski definition) is 2. The van der Waals surface area contributed by atoms with E-state index in [9.17, 15) is 9.59 Å². The normalized spacial score (nSPS) is 18.6. The van der Waals surface area contributed by atoms with Gasteiger partial charge in [0.2, 0.25) is 5.91 Å². The maximum absolute atomic E-state index is 12.6. The van der Waals surface area contributed by atoms with Crippen molar-refractivity contribution in [3.63, 3.8) is 0 Å². The molecule has 2 aromatic carbocycles. The van der Waals surface area contributed by atoms with Gasteiger partial charge >= 0.3 is 0 Å². The van der Waals surface area contributed by atoms with Crippen LogP contribution in [0.25, 0.3) is 0 Å². The highest BCUT2D eigenvalue weighted by Gasteiger charge is 2.25. The van der Waals surface area contributed by atoms with Crippen LogP contribution in [0.15, 0.2) is 54.6 Å². The number of amides is 2. The first-order valence-electron chi connectivity index (χ1n) is 11.0. The number of para-hydroxylation sites is 1. The molecule has 0 saturated carbocycles. The maximum Gasteiger partial charge on any atom is 0.277 e. The number of piperidine rings is 1. The van der Waals surface area contributed by atoms with Gasteiger partial charge in [0.1, 0.15) is 0 Å². The number of nitrogens with zero attached hydrogens (tertiary/aromatic N) is 1. The lowest BCUT2D eigenvalue weighted by Gasteiger charge is -2.30. The standard InChI is InChI=1S/C25H33N3O2/c1-3-22-11-7-8-12-23(22)26-24(29)18-27(2)25(30)19-28-15-13-21(14-16-28)17-20-9-5-4-6-10-20/h4-12,21H,3,13-19H2,1-2H3,(H,26,29)/p+1. The zero-order valence-corrected chi connectivity index (χ0v) is 18.2. The monoisotopic (exact) mass is 408 g/mol. The van der Waals surface area contributed by atoms with E-state index in [1.54, 1.807) is 11.9 Å². The van der Waals surface area contributed by atoms with Crippen LogP contribution in [0.4, 0.5) is 5.69 Å². The second-order valence-electron chi connectivity index (χ2n) is 8.37. The number of aryl methyl sites for hydroxylation is 1. The van der Waals surface area contributed by atoms with Crippen molar-refractivity contribution < 1.29 is 14.5 Å². The largest absolute Gasteiger partial charge is 0.332 e. The lowest BCUT2D eigenvalue weighted by molar-refractivity contribution is -0.898. The molecule has 0 unspecified atom stereocenters. The summed E-state index contributed by atoms with van der Waals surface area (Å²) >= 11 is 0. The van der Waals surface area contributed by atoms with Crippen LogP contribution >= 0.6 is 0 Å². The Kier molecular flexibility index (Phi) is 8.03. The van der Waals surface area contributed by atoms with Crippen molar-refractivity contribution in [2.24, 2.45) is 5.92 Å². The van der Waals surface area contributed by atoms with Gasteiger partial charge in [-0.25, -0.2) is 0 Å². The Morgan fingerprint density at radius 1 is 1.03 bits per heavy atom. The zero-order chi connectivity index (χ0) is 21.3. The molecule has 0 bridgehead atoms. The second kappa shape index (κ2) is 10.9. The van der Waals surface area contributed by atoms with Crippen LogP contribution < -0.4 is 10.2 Å². The minimum atomic E-state index is -0.150. The number of likely N-dealkylation sites (tertiary alicyclic amines) is 1. The topological polar surface area (TPSA) is 53.9 Å². The Labute approximate surface area is 180 Å².